The molecule has 10 heavy (non-hydrogen) atoms. The predicted molar refractivity (Wildman–Crippen MR) is 41.8 cm³/mol. The summed E-state index contributed by atoms with van der Waals surface area (Å²) in [6.45, 7) is 2.36. The van der Waals surface area contributed by atoms with Gasteiger partial charge in [0.05, 0.1) is 0 Å². The Morgan fingerprint density at radius 1 is 1.70 bits per heavy atom. The highest BCUT2D eigenvalue weighted by atomic mass is 35.5. The Balaban J connectivity index is 3.17. The van der Waals surface area contributed by atoms with E-state index in [1.54, 1.807) is 6.92 Å². The van der Waals surface area contributed by atoms with Gasteiger partial charge in [-0.3, -0.25) is 4.79 Å². The number of carbonyl (C=O) groups is 1. The van der Waals surface area contributed by atoms with Gasteiger partial charge in [-0.1, -0.05) is 0 Å². The second-order valence-corrected chi connectivity index (χ2v) is 1.93. The second kappa shape index (κ2) is 6.44. The van der Waals surface area contributed by atoms with Gasteiger partial charge < -0.3 is 5.32 Å². The molecule has 0 radical (unpaired) electrons. The predicted octanol–water partition coefficient (Wildman–Crippen LogP) is 0.755. The first-order chi connectivity index (χ1) is 4.81. The molecule has 0 aliphatic rings. The molecule has 0 saturated heterocycles. The molecule has 0 aliphatic heterocycles. The Morgan fingerprint density at radius 3 is 2.90 bits per heavy atom. The zero-order valence-corrected chi connectivity index (χ0v) is 6.66. The summed E-state index contributed by atoms with van der Waals surface area (Å²) in [5.74, 6) is 5.43. The van der Waals surface area contributed by atoms with Gasteiger partial charge in [-0.15, -0.1) is 23.4 Å². The minimum Gasteiger partial charge on any atom is -0.354 e. The van der Waals surface area contributed by atoms with Crippen LogP contribution in [0.4, 0.5) is 0 Å². The molecule has 0 rings (SSSR count). The van der Waals surface area contributed by atoms with Crippen LogP contribution < -0.4 is 5.32 Å². The topological polar surface area (TPSA) is 29.1 Å². The van der Waals surface area contributed by atoms with Crippen LogP contribution in [0.25, 0.3) is 0 Å². The van der Waals surface area contributed by atoms with Crippen molar-refractivity contribution >= 4 is 17.5 Å². The zero-order chi connectivity index (χ0) is 7.82. The summed E-state index contributed by atoms with van der Waals surface area (Å²) >= 11 is 5.22. The molecule has 0 saturated carbocycles. The fourth-order valence-corrected chi connectivity index (χ4v) is 0.531. The van der Waals surface area contributed by atoms with Crippen LogP contribution in [-0.2, 0) is 4.79 Å². The third kappa shape index (κ3) is 5.46. The summed E-state index contributed by atoms with van der Waals surface area (Å²) in [7, 11) is 0. The maximum absolute atomic E-state index is 10.5. The molecule has 2 nitrogen and oxygen atoms in total. The van der Waals surface area contributed by atoms with Crippen molar-refractivity contribution in [2.45, 2.75) is 13.3 Å². The van der Waals surface area contributed by atoms with Crippen LogP contribution in [0.5, 0.6) is 0 Å². The van der Waals surface area contributed by atoms with Crippen LogP contribution in [0.15, 0.2) is 0 Å². The molecule has 0 fully saturated rings. The molecule has 0 bridgehead atoms. The van der Waals surface area contributed by atoms with Gasteiger partial charge in [-0.2, -0.15) is 0 Å². The first kappa shape index (κ1) is 9.32. The summed E-state index contributed by atoms with van der Waals surface area (Å²) in [5.41, 5.74) is 0. The SMILES string of the molecule is CC#CCCNC(=O)CCl. The highest BCUT2D eigenvalue weighted by Gasteiger charge is 1.93. The molecule has 3 heteroatoms. The average molecular weight is 160 g/mol. The van der Waals surface area contributed by atoms with Crippen LogP contribution in [0.1, 0.15) is 13.3 Å². The molecule has 0 spiro atoms. The Morgan fingerprint density at radius 2 is 2.40 bits per heavy atom. The summed E-state index contributed by atoms with van der Waals surface area (Å²) < 4.78 is 0. The number of rotatable bonds is 3. The largest absolute Gasteiger partial charge is 0.354 e. The van der Waals surface area contributed by atoms with E-state index < -0.39 is 0 Å². The molecular weight excluding hydrogens is 150 g/mol. The number of amides is 1. The van der Waals surface area contributed by atoms with Crippen molar-refractivity contribution in [2.75, 3.05) is 12.4 Å². The van der Waals surface area contributed by atoms with Crippen LogP contribution in [0, 0.1) is 11.8 Å². The number of halogens is 1. The molecule has 0 atom stereocenters. The number of hydrogen-bond acceptors (Lipinski definition) is 1. The van der Waals surface area contributed by atoms with E-state index >= 15 is 0 Å². The van der Waals surface area contributed by atoms with E-state index in [-0.39, 0.29) is 11.8 Å². The Bertz CT molecular complexity index is 157. The monoisotopic (exact) mass is 159 g/mol. The molecule has 0 aromatic heterocycles. The molecule has 0 heterocycles. The Hall–Kier alpha value is -0.680. The van der Waals surface area contributed by atoms with Crippen LogP contribution in [0.2, 0.25) is 0 Å². The minimum absolute atomic E-state index is 0.0273. The van der Waals surface area contributed by atoms with E-state index in [2.05, 4.69) is 17.2 Å². The minimum atomic E-state index is -0.139. The first-order valence-electron chi connectivity index (χ1n) is 3.03. The average Bonchev–Trinajstić information content (AvgIpc) is 1.98. The molecule has 1 N–H and O–H groups in total. The third-order valence-corrected chi connectivity index (χ3v) is 1.11. The highest BCUT2D eigenvalue weighted by Crippen LogP contribution is 1.75. The molecular formula is C7H10ClNO. The van der Waals surface area contributed by atoms with E-state index in [0.717, 1.165) is 0 Å². The lowest BCUT2D eigenvalue weighted by atomic mass is 10.4. The van der Waals surface area contributed by atoms with Crippen molar-refractivity contribution in [1.82, 2.24) is 5.32 Å². The first-order valence-corrected chi connectivity index (χ1v) is 3.57. The van der Waals surface area contributed by atoms with E-state index in [0.29, 0.717) is 13.0 Å². The number of alkyl halides is 1. The van der Waals surface area contributed by atoms with Gasteiger partial charge in [0.15, 0.2) is 0 Å². The van der Waals surface area contributed by atoms with Gasteiger partial charge in [-0.05, 0) is 6.92 Å². The van der Waals surface area contributed by atoms with Crippen molar-refractivity contribution in [3.63, 3.8) is 0 Å². The van der Waals surface area contributed by atoms with Gasteiger partial charge in [0.2, 0.25) is 5.91 Å². The quantitative estimate of drug-likeness (QED) is 0.368. The van der Waals surface area contributed by atoms with E-state index in [1.165, 1.54) is 0 Å². The number of carbonyl (C=O) groups excluding carboxylic acids is 1. The molecule has 1 amide bonds. The molecule has 0 unspecified atom stereocenters. The zero-order valence-electron chi connectivity index (χ0n) is 5.91. The molecule has 0 aliphatic carbocycles. The lowest BCUT2D eigenvalue weighted by molar-refractivity contribution is -0.118. The van der Waals surface area contributed by atoms with E-state index in [1.807, 2.05) is 0 Å². The van der Waals surface area contributed by atoms with Gasteiger partial charge in [0.1, 0.15) is 5.88 Å². The lowest BCUT2D eigenvalue weighted by Crippen LogP contribution is -2.24. The summed E-state index contributed by atoms with van der Waals surface area (Å²) in [5, 5.41) is 2.59. The van der Waals surface area contributed by atoms with Crippen LogP contribution in [-0.4, -0.2) is 18.3 Å². The normalized spacial score (nSPS) is 7.80. The van der Waals surface area contributed by atoms with Crippen molar-refractivity contribution in [1.29, 1.82) is 0 Å². The summed E-state index contributed by atoms with van der Waals surface area (Å²) in [4.78, 5) is 10.5. The van der Waals surface area contributed by atoms with Crippen molar-refractivity contribution < 1.29 is 4.79 Å². The van der Waals surface area contributed by atoms with Crippen molar-refractivity contribution in [3.05, 3.63) is 0 Å². The third-order valence-electron chi connectivity index (χ3n) is 0.870. The van der Waals surface area contributed by atoms with Gasteiger partial charge >= 0.3 is 0 Å². The Labute approximate surface area is 65.9 Å². The smallest absolute Gasteiger partial charge is 0.234 e. The van der Waals surface area contributed by atoms with Crippen molar-refractivity contribution in [2.24, 2.45) is 0 Å². The van der Waals surface area contributed by atoms with Gasteiger partial charge in [0.25, 0.3) is 0 Å². The van der Waals surface area contributed by atoms with Crippen LogP contribution >= 0.6 is 11.6 Å². The fraction of sp³-hybridized carbons (Fsp3) is 0.571. The standard InChI is InChI=1S/C7H10ClNO/c1-2-3-4-5-9-7(10)6-8/h4-6H2,1H3,(H,9,10). The van der Waals surface area contributed by atoms with Gasteiger partial charge in [0, 0.05) is 13.0 Å². The summed E-state index contributed by atoms with van der Waals surface area (Å²) in [6, 6.07) is 0. The second-order valence-electron chi connectivity index (χ2n) is 1.66. The maximum Gasteiger partial charge on any atom is 0.234 e. The van der Waals surface area contributed by atoms with Crippen LogP contribution in [0.3, 0.4) is 0 Å². The van der Waals surface area contributed by atoms with E-state index in [9.17, 15) is 4.79 Å². The lowest BCUT2D eigenvalue weighted by Gasteiger charge is -1.96. The molecule has 56 valence electrons. The van der Waals surface area contributed by atoms with Gasteiger partial charge in [-0.25, -0.2) is 0 Å². The fourth-order valence-electron chi connectivity index (χ4n) is 0.437. The molecule has 0 aromatic carbocycles. The van der Waals surface area contributed by atoms with E-state index in [4.69, 9.17) is 11.6 Å². The number of hydrogen-bond donors (Lipinski definition) is 1. The summed E-state index contributed by atoms with van der Waals surface area (Å²) in [6.07, 6.45) is 0.694. The maximum atomic E-state index is 10.5. The molecule has 0 aromatic rings. The highest BCUT2D eigenvalue weighted by molar-refractivity contribution is 6.27. The van der Waals surface area contributed by atoms with Crippen molar-refractivity contribution in [3.8, 4) is 11.8 Å². The Kier molecular flexibility index (Phi) is 6.00. The number of nitrogens with one attached hydrogen (secondary N) is 1.